The summed E-state index contributed by atoms with van der Waals surface area (Å²) in [6.45, 7) is 0. The molecular weight excluding hydrogens is 705 g/mol. The maximum Gasteiger partial charge on any atom is 0.0788 e. The Bertz CT molecular complexity index is 3770. The standard InChI is InChI=1S/C54H34N4/c1-3-15-35(16-4-1)55-47-25-13-9-21-43(47)51-49(55)33-34-50-52(51)44-22-10-14-26-48(44)56(50)37-27-29-38(30-28-37)58-46-24-12-8-20-40(46)42-32-31-41-39-19-7-11-23-45(39)57(53(41)54(42)58)36-17-5-2-6-18-36/h1-34H. The zero-order valence-corrected chi connectivity index (χ0v) is 31.4. The van der Waals surface area contributed by atoms with Gasteiger partial charge < -0.3 is 18.3 Å². The topological polar surface area (TPSA) is 19.7 Å². The molecule has 0 spiro atoms. The maximum atomic E-state index is 2.48. The van der Waals surface area contributed by atoms with Crippen LogP contribution in [-0.4, -0.2) is 18.3 Å². The molecule has 0 unspecified atom stereocenters. The van der Waals surface area contributed by atoms with E-state index in [0.717, 1.165) is 17.1 Å². The van der Waals surface area contributed by atoms with Crippen LogP contribution in [0.3, 0.4) is 0 Å². The summed E-state index contributed by atoms with van der Waals surface area (Å²) in [5.74, 6) is 0. The third kappa shape index (κ3) is 4.18. The SMILES string of the molecule is c1ccc(-n2c3ccccc3c3c4c5ccccc5n(-c5ccc(-n6c7ccccc7c7ccc8c9ccccc9n(-c9ccccc9)c8c76)cc5)c4ccc32)cc1. The lowest BCUT2D eigenvalue weighted by atomic mass is 10.1. The third-order valence-electron chi connectivity index (χ3n) is 12.3. The second kappa shape index (κ2) is 11.8. The minimum atomic E-state index is 1.13. The normalized spacial score (nSPS) is 12.1. The van der Waals surface area contributed by atoms with Crippen LogP contribution in [0.25, 0.3) is 110 Å². The fourth-order valence-corrected chi connectivity index (χ4v) is 10.0. The highest BCUT2D eigenvalue weighted by Gasteiger charge is 2.23. The van der Waals surface area contributed by atoms with E-state index in [-0.39, 0.29) is 0 Å². The molecule has 0 bridgehead atoms. The van der Waals surface area contributed by atoms with Gasteiger partial charge in [0.15, 0.2) is 0 Å². The summed E-state index contributed by atoms with van der Waals surface area (Å²) in [6, 6.07) is 75.3. The van der Waals surface area contributed by atoms with Crippen molar-refractivity contribution < 1.29 is 0 Å². The molecule has 4 heterocycles. The van der Waals surface area contributed by atoms with Crippen molar-refractivity contribution in [3.05, 3.63) is 206 Å². The van der Waals surface area contributed by atoms with E-state index in [2.05, 4.69) is 225 Å². The first kappa shape index (κ1) is 31.4. The number of hydrogen-bond donors (Lipinski definition) is 0. The van der Waals surface area contributed by atoms with Crippen LogP contribution < -0.4 is 0 Å². The van der Waals surface area contributed by atoms with Gasteiger partial charge in [-0.15, -0.1) is 0 Å². The first-order chi connectivity index (χ1) is 28.8. The summed E-state index contributed by atoms with van der Waals surface area (Å²) >= 11 is 0. The molecular formula is C54H34N4. The first-order valence-corrected chi connectivity index (χ1v) is 20.0. The van der Waals surface area contributed by atoms with Crippen LogP contribution in [0.5, 0.6) is 0 Å². The third-order valence-corrected chi connectivity index (χ3v) is 12.3. The maximum absolute atomic E-state index is 2.48. The van der Waals surface area contributed by atoms with E-state index >= 15 is 0 Å². The van der Waals surface area contributed by atoms with Crippen LogP contribution in [-0.2, 0) is 0 Å². The van der Waals surface area contributed by atoms with Gasteiger partial charge in [0.25, 0.3) is 0 Å². The zero-order chi connectivity index (χ0) is 37.9. The number of benzene rings is 9. The van der Waals surface area contributed by atoms with Gasteiger partial charge in [0.1, 0.15) is 0 Å². The van der Waals surface area contributed by atoms with E-state index in [4.69, 9.17) is 0 Å². The molecule has 9 aromatic carbocycles. The minimum Gasteiger partial charge on any atom is -0.309 e. The van der Waals surface area contributed by atoms with Gasteiger partial charge in [-0.2, -0.15) is 0 Å². The van der Waals surface area contributed by atoms with Crippen molar-refractivity contribution in [3.8, 4) is 22.7 Å². The molecule has 4 aromatic heterocycles. The molecule has 0 radical (unpaired) electrons. The van der Waals surface area contributed by atoms with Crippen molar-refractivity contribution in [2.24, 2.45) is 0 Å². The van der Waals surface area contributed by atoms with E-state index in [1.54, 1.807) is 0 Å². The molecule has 13 rings (SSSR count). The summed E-state index contributed by atoms with van der Waals surface area (Å²) in [5, 5.41) is 10.1. The predicted molar refractivity (Wildman–Crippen MR) is 244 cm³/mol. The minimum absolute atomic E-state index is 1.13. The molecule has 4 heteroatoms. The van der Waals surface area contributed by atoms with Crippen LogP contribution in [0.15, 0.2) is 206 Å². The lowest BCUT2D eigenvalue weighted by molar-refractivity contribution is 1.13. The summed E-state index contributed by atoms with van der Waals surface area (Å²) in [5.41, 5.74) is 14.2. The van der Waals surface area contributed by atoms with Gasteiger partial charge >= 0.3 is 0 Å². The highest BCUT2D eigenvalue weighted by atomic mass is 15.1. The highest BCUT2D eigenvalue weighted by molar-refractivity contribution is 6.29. The van der Waals surface area contributed by atoms with Gasteiger partial charge in [-0.05, 0) is 84.9 Å². The van der Waals surface area contributed by atoms with E-state index in [1.807, 2.05) is 0 Å². The molecule has 0 amide bonds. The van der Waals surface area contributed by atoms with Gasteiger partial charge in [0, 0.05) is 65.8 Å². The van der Waals surface area contributed by atoms with E-state index in [1.165, 1.54) is 92.9 Å². The quantitative estimate of drug-likeness (QED) is 0.171. The Morgan fingerprint density at radius 2 is 0.500 bits per heavy atom. The molecule has 0 aliphatic heterocycles. The monoisotopic (exact) mass is 738 g/mol. The van der Waals surface area contributed by atoms with E-state index < -0.39 is 0 Å². The van der Waals surface area contributed by atoms with Crippen molar-refractivity contribution in [3.63, 3.8) is 0 Å². The Labute approximate surface area is 333 Å². The lowest BCUT2D eigenvalue weighted by Crippen LogP contribution is -1.99. The molecule has 0 aliphatic carbocycles. The molecule has 0 aliphatic rings. The molecule has 0 saturated carbocycles. The fraction of sp³-hybridized carbons (Fsp3) is 0. The van der Waals surface area contributed by atoms with Gasteiger partial charge in [-0.25, -0.2) is 0 Å². The number of para-hydroxylation sites is 6. The number of aromatic nitrogens is 4. The van der Waals surface area contributed by atoms with Crippen molar-refractivity contribution >= 4 is 87.2 Å². The molecule has 0 atom stereocenters. The van der Waals surface area contributed by atoms with Crippen LogP contribution in [0.1, 0.15) is 0 Å². The second-order valence-corrected chi connectivity index (χ2v) is 15.3. The van der Waals surface area contributed by atoms with Gasteiger partial charge in [-0.3, -0.25) is 0 Å². The van der Waals surface area contributed by atoms with Crippen LogP contribution in [0, 0.1) is 0 Å². The Kier molecular flexibility index (Phi) is 6.41. The highest BCUT2D eigenvalue weighted by Crippen LogP contribution is 2.44. The lowest BCUT2D eigenvalue weighted by Gasteiger charge is -2.14. The van der Waals surface area contributed by atoms with Crippen LogP contribution in [0.4, 0.5) is 0 Å². The Balaban J connectivity index is 1.07. The van der Waals surface area contributed by atoms with Crippen molar-refractivity contribution in [2.75, 3.05) is 0 Å². The second-order valence-electron chi connectivity index (χ2n) is 15.3. The van der Waals surface area contributed by atoms with E-state index in [9.17, 15) is 0 Å². The predicted octanol–water partition coefficient (Wildman–Crippen LogP) is 14.1. The fourth-order valence-electron chi connectivity index (χ4n) is 10.0. The molecule has 0 fully saturated rings. The number of hydrogen-bond acceptors (Lipinski definition) is 0. The average Bonchev–Trinajstić information content (AvgIpc) is 4.02. The molecule has 270 valence electrons. The molecule has 0 N–H and O–H groups in total. The largest absolute Gasteiger partial charge is 0.309 e. The zero-order valence-electron chi connectivity index (χ0n) is 31.4. The van der Waals surface area contributed by atoms with Crippen molar-refractivity contribution in [2.45, 2.75) is 0 Å². The Morgan fingerprint density at radius 1 is 0.190 bits per heavy atom. The number of rotatable bonds is 4. The molecule has 0 saturated heterocycles. The number of nitrogens with zero attached hydrogens (tertiary/aromatic N) is 4. The summed E-state index contributed by atoms with van der Waals surface area (Å²) in [7, 11) is 0. The van der Waals surface area contributed by atoms with Gasteiger partial charge in [0.2, 0.25) is 0 Å². The Hall–Kier alpha value is -7.82. The van der Waals surface area contributed by atoms with Crippen molar-refractivity contribution in [1.29, 1.82) is 0 Å². The summed E-state index contributed by atoms with van der Waals surface area (Å²) in [6.07, 6.45) is 0. The molecule has 58 heavy (non-hydrogen) atoms. The number of fused-ring (bicyclic) bond motifs is 14. The first-order valence-electron chi connectivity index (χ1n) is 20.0. The van der Waals surface area contributed by atoms with Gasteiger partial charge in [0.05, 0.1) is 44.1 Å². The Morgan fingerprint density at radius 3 is 0.931 bits per heavy atom. The van der Waals surface area contributed by atoms with Crippen LogP contribution >= 0.6 is 0 Å². The summed E-state index contributed by atoms with van der Waals surface area (Å²) < 4.78 is 9.78. The van der Waals surface area contributed by atoms with E-state index in [0.29, 0.717) is 0 Å². The summed E-state index contributed by atoms with van der Waals surface area (Å²) in [4.78, 5) is 0. The average molecular weight is 739 g/mol. The smallest absolute Gasteiger partial charge is 0.0788 e. The molecule has 13 aromatic rings. The molecule has 4 nitrogen and oxygen atoms in total. The van der Waals surface area contributed by atoms with Crippen molar-refractivity contribution in [1.82, 2.24) is 18.3 Å². The van der Waals surface area contributed by atoms with Crippen LogP contribution in [0.2, 0.25) is 0 Å². The van der Waals surface area contributed by atoms with Gasteiger partial charge in [-0.1, -0.05) is 121 Å².